The van der Waals surface area contributed by atoms with E-state index in [4.69, 9.17) is 0 Å². The average Bonchev–Trinajstić information content (AvgIpc) is 2.35. The number of Topliss-reactive ketones (excluding diaryl/α,β-unsaturated/α-hetero) is 1. The van der Waals surface area contributed by atoms with Gasteiger partial charge in [-0.05, 0) is 5.92 Å². The fourth-order valence-electron chi connectivity index (χ4n) is 1.99. The highest BCUT2D eigenvalue weighted by atomic mass is 16.2. The van der Waals surface area contributed by atoms with Crippen LogP contribution in [0.3, 0.4) is 0 Å². The maximum absolute atomic E-state index is 12.1. The van der Waals surface area contributed by atoms with Crippen molar-refractivity contribution in [2.45, 2.75) is 33.2 Å². The lowest BCUT2D eigenvalue weighted by atomic mass is 9.94. The van der Waals surface area contributed by atoms with Gasteiger partial charge in [-0.2, -0.15) is 0 Å². The molecule has 0 aromatic heterocycles. The zero-order chi connectivity index (χ0) is 13.7. The van der Waals surface area contributed by atoms with Crippen molar-refractivity contribution < 1.29 is 9.59 Å². The maximum atomic E-state index is 12.1. The zero-order valence-electron chi connectivity index (χ0n) is 11.5. The Morgan fingerprint density at radius 2 is 1.72 bits per heavy atom. The van der Waals surface area contributed by atoms with Crippen molar-refractivity contribution in [1.82, 2.24) is 4.90 Å². The van der Waals surface area contributed by atoms with Crippen LogP contribution < -0.4 is 0 Å². The van der Waals surface area contributed by atoms with E-state index < -0.39 is 0 Å². The van der Waals surface area contributed by atoms with E-state index in [9.17, 15) is 9.59 Å². The monoisotopic (exact) mass is 247 g/mol. The minimum absolute atomic E-state index is 0.00504. The first-order valence-electron chi connectivity index (χ1n) is 6.25. The van der Waals surface area contributed by atoms with E-state index in [1.54, 1.807) is 11.9 Å². The smallest absolute Gasteiger partial charge is 0.219 e. The second-order valence-electron chi connectivity index (χ2n) is 4.93. The second-order valence-corrected chi connectivity index (χ2v) is 4.93. The Balaban J connectivity index is 2.79. The number of amides is 1. The molecule has 1 amide bonds. The van der Waals surface area contributed by atoms with Crippen molar-refractivity contribution in [3.8, 4) is 0 Å². The Labute approximate surface area is 109 Å². The van der Waals surface area contributed by atoms with Gasteiger partial charge in [0.1, 0.15) is 0 Å². The van der Waals surface area contributed by atoms with Gasteiger partial charge in [0, 0.05) is 32.0 Å². The molecular weight excluding hydrogens is 226 g/mol. The highest BCUT2D eigenvalue weighted by Gasteiger charge is 2.24. The van der Waals surface area contributed by atoms with Crippen molar-refractivity contribution in [3.05, 3.63) is 35.9 Å². The van der Waals surface area contributed by atoms with E-state index in [1.807, 2.05) is 44.2 Å². The number of carbonyl (C=O) groups is 2. The summed E-state index contributed by atoms with van der Waals surface area (Å²) in [6.07, 6.45) is 0.373. The number of carbonyl (C=O) groups excluding carboxylic acids is 2. The number of hydrogen-bond donors (Lipinski definition) is 0. The maximum Gasteiger partial charge on any atom is 0.219 e. The van der Waals surface area contributed by atoms with E-state index in [2.05, 4.69) is 0 Å². The molecule has 0 aliphatic carbocycles. The molecular formula is C15H21NO2. The predicted molar refractivity (Wildman–Crippen MR) is 72.5 cm³/mol. The lowest BCUT2D eigenvalue weighted by molar-refractivity contribution is -0.130. The Morgan fingerprint density at radius 3 is 2.17 bits per heavy atom. The molecule has 0 aliphatic rings. The van der Waals surface area contributed by atoms with E-state index in [0.29, 0.717) is 12.0 Å². The summed E-state index contributed by atoms with van der Waals surface area (Å²) in [4.78, 5) is 25.2. The normalized spacial score (nSPS) is 12.3. The van der Waals surface area contributed by atoms with Gasteiger partial charge in [0.25, 0.3) is 0 Å². The van der Waals surface area contributed by atoms with Gasteiger partial charge in [0.2, 0.25) is 5.91 Å². The Bertz CT molecular complexity index is 412. The molecule has 0 saturated carbocycles. The van der Waals surface area contributed by atoms with E-state index >= 15 is 0 Å². The van der Waals surface area contributed by atoms with Gasteiger partial charge in [-0.15, -0.1) is 0 Å². The summed E-state index contributed by atoms with van der Waals surface area (Å²) in [5.74, 6) is 0.337. The molecule has 3 nitrogen and oxygen atoms in total. The van der Waals surface area contributed by atoms with Gasteiger partial charge in [0.05, 0.1) is 0 Å². The third-order valence-corrected chi connectivity index (χ3v) is 3.25. The van der Waals surface area contributed by atoms with Crippen LogP contribution in [-0.2, 0) is 4.79 Å². The SMILES string of the molecule is CC(=O)N(C)C(CC(=O)c1ccccc1)C(C)C. The van der Waals surface area contributed by atoms with Crippen LogP contribution in [0.15, 0.2) is 30.3 Å². The van der Waals surface area contributed by atoms with Crippen LogP contribution in [0.4, 0.5) is 0 Å². The van der Waals surface area contributed by atoms with Crippen molar-refractivity contribution in [2.24, 2.45) is 5.92 Å². The Hall–Kier alpha value is -1.64. The molecule has 3 heteroatoms. The topological polar surface area (TPSA) is 37.4 Å². The summed E-state index contributed by atoms with van der Waals surface area (Å²) in [6, 6.07) is 9.17. The molecule has 1 aromatic rings. The predicted octanol–water partition coefficient (Wildman–Crippen LogP) is 2.76. The highest BCUT2D eigenvalue weighted by molar-refractivity contribution is 5.96. The summed E-state index contributed by atoms with van der Waals surface area (Å²) in [6.45, 7) is 5.59. The van der Waals surface area contributed by atoms with Gasteiger partial charge >= 0.3 is 0 Å². The van der Waals surface area contributed by atoms with Crippen LogP contribution in [0.1, 0.15) is 37.6 Å². The zero-order valence-corrected chi connectivity index (χ0v) is 11.5. The molecule has 18 heavy (non-hydrogen) atoms. The minimum Gasteiger partial charge on any atom is -0.342 e. The fourth-order valence-corrected chi connectivity index (χ4v) is 1.99. The minimum atomic E-state index is -0.0461. The summed E-state index contributed by atoms with van der Waals surface area (Å²) in [7, 11) is 1.76. The molecule has 0 aliphatic heterocycles. The molecule has 1 atom stereocenters. The lowest BCUT2D eigenvalue weighted by Gasteiger charge is -2.30. The number of rotatable bonds is 5. The van der Waals surface area contributed by atoms with Gasteiger partial charge in [-0.3, -0.25) is 9.59 Å². The van der Waals surface area contributed by atoms with Crippen LogP contribution >= 0.6 is 0 Å². The van der Waals surface area contributed by atoms with E-state index in [1.165, 1.54) is 6.92 Å². The van der Waals surface area contributed by atoms with E-state index in [0.717, 1.165) is 0 Å². The molecule has 1 aromatic carbocycles. The lowest BCUT2D eigenvalue weighted by Crippen LogP contribution is -2.40. The van der Waals surface area contributed by atoms with Crippen LogP contribution in [0.2, 0.25) is 0 Å². The first-order chi connectivity index (χ1) is 8.43. The van der Waals surface area contributed by atoms with E-state index in [-0.39, 0.29) is 23.7 Å². The van der Waals surface area contributed by atoms with Crippen LogP contribution in [-0.4, -0.2) is 29.7 Å². The standard InChI is InChI=1S/C15H21NO2/c1-11(2)14(16(4)12(3)17)10-15(18)13-8-6-5-7-9-13/h5-9,11,14H,10H2,1-4H3. The first-order valence-corrected chi connectivity index (χ1v) is 6.25. The number of hydrogen-bond acceptors (Lipinski definition) is 2. The Kier molecular flexibility index (Phi) is 5.08. The van der Waals surface area contributed by atoms with Crippen molar-refractivity contribution in [1.29, 1.82) is 0 Å². The second kappa shape index (κ2) is 6.34. The molecule has 0 N–H and O–H groups in total. The van der Waals surface area contributed by atoms with Gasteiger partial charge < -0.3 is 4.90 Å². The number of nitrogens with zero attached hydrogens (tertiary/aromatic N) is 1. The molecule has 0 radical (unpaired) electrons. The van der Waals surface area contributed by atoms with Crippen LogP contribution in [0, 0.1) is 5.92 Å². The van der Waals surface area contributed by atoms with Crippen LogP contribution in [0.25, 0.3) is 0 Å². The molecule has 1 unspecified atom stereocenters. The van der Waals surface area contributed by atoms with Gasteiger partial charge in [-0.1, -0.05) is 44.2 Å². The summed E-state index contributed by atoms with van der Waals surface area (Å²) in [5, 5.41) is 0. The number of ketones is 1. The van der Waals surface area contributed by atoms with Crippen molar-refractivity contribution in [3.63, 3.8) is 0 Å². The van der Waals surface area contributed by atoms with Gasteiger partial charge in [-0.25, -0.2) is 0 Å². The average molecular weight is 247 g/mol. The third kappa shape index (κ3) is 3.69. The summed E-state index contributed by atoms with van der Waals surface area (Å²) in [5.41, 5.74) is 0.708. The molecule has 98 valence electrons. The first kappa shape index (κ1) is 14.4. The summed E-state index contributed by atoms with van der Waals surface area (Å²) >= 11 is 0. The van der Waals surface area contributed by atoms with Crippen molar-refractivity contribution in [2.75, 3.05) is 7.05 Å². The van der Waals surface area contributed by atoms with Crippen molar-refractivity contribution >= 4 is 11.7 Å². The summed E-state index contributed by atoms with van der Waals surface area (Å²) < 4.78 is 0. The molecule has 0 heterocycles. The third-order valence-electron chi connectivity index (χ3n) is 3.25. The molecule has 0 saturated heterocycles. The molecule has 1 rings (SSSR count). The van der Waals surface area contributed by atoms with Crippen LogP contribution in [0.5, 0.6) is 0 Å². The Morgan fingerprint density at radius 1 is 1.17 bits per heavy atom. The molecule has 0 bridgehead atoms. The number of benzene rings is 1. The molecule has 0 spiro atoms. The van der Waals surface area contributed by atoms with Gasteiger partial charge in [0.15, 0.2) is 5.78 Å². The largest absolute Gasteiger partial charge is 0.342 e. The highest BCUT2D eigenvalue weighted by Crippen LogP contribution is 2.16. The molecule has 0 fully saturated rings. The quantitative estimate of drug-likeness (QED) is 0.750. The fraction of sp³-hybridized carbons (Fsp3) is 0.467.